The third-order valence-corrected chi connectivity index (χ3v) is 4.08. The van der Waals surface area contributed by atoms with Gasteiger partial charge in [0.1, 0.15) is 6.54 Å². The SMILES string of the molecule is CC(C)(C)C(=O)N(CC(=O)Nc1nccs1)CC1CCCO1. The summed E-state index contributed by atoms with van der Waals surface area (Å²) in [4.78, 5) is 30.3. The summed E-state index contributed by atoms with van der Waals surface area (Å²) in [6.45, 7) is 6.79. The predicted octanol–water partition coefficient (Wildman–Crippen LogP) is 2.14. The van der Waals surface area contributed by atoms with Gasteiger partial charge in [-0.25, -0.2) is 4.98 Å². The van der Waals surface area contributed by atoms with Crippen LogP contribution in [0.1, 0.15) is 33.6 Å². The zero-order valence-corrected chi connectivity index (χ0v) is 14.1. The first-order chi connectivity index (χ1) is 10.4. The van der Waals surface area contributed by atoms with Crippen molar-refractivity contribution in [3.8, 4) is 0 Å². The van der Waals surface area contributed by atoms with Crippen molar-refractivity contribution >= 4 is 28.3 Å². The van der Waals surface area contributed by atoms with Crippen molar-refractivity contribution in [2.75, 3.05) is 25.0 Å². The summed E-state index contributed by atoms with van der Waals surface area (Å²) in [5, 5.41) is 5.06. The number of anilines is 1. The molecule has 0 aliphatic carbocycles. The van der Waals surface area contributed by atoms with Crippen molar-refractivity contribution in [1.29, 1.82) is 0 Å². The normalized spacial score (nSPS) is 18.2. The lowest BCUT2D eigenvalue weighted by Crippen LogP contribution is -2.46. The second-order valence-electron chi connectivity index (χ2n) is 6.46. The van der Waals surface area contributed by atoms with Crippen molar-refractivity contribution in [2.45, 2.75) is 39.7 Å². The highest BCUT2D eigenvalue weighted by atomic mass is 32.1. The first-order valence-corrected chi connectivity index (χ1v) is 8.34. The van der Waals surface area contributed by atoms with Gasteiger partial charge in [0.2, 0.25) is 11.8 Å². The third kappa shape index (κ3) is 4.78. The molecule has 0 aromatic carbocycles. The van der Waals surface area contributed by atoms with Gasteiger partial charge in [-0.1, -0.05) is 20.8 Å². The van der Waals surface area contributed by atoms with Gasteiger partial charge in [0.05, 0.1) is 6.10 Å². The van der Waals surface area contributed by atoms with E-state index in [9.17, 15) is 9.59 Å². The molecule has 1 fully saturated rings. The Morgan fingerprint density at radius 2 is 2.27 bits per heavy atom. The number of nitrogens with zero attached hydrogens (tertiary/aromatic N) is 2. The van der Waals surface area contributed by atoms with E-state index in [1.165, 1.54) is 11.3 Å². The summed E-state index contributed by atoms with van der Waals surface area (Å²) in [6, 6.07) is 0. The van der Waals surface area contributed by atoms with E-state index in [2.05, 4.69) is 10.3 Å². The maximum Gasteiger partial charge on any atom is 0.245 e. The fraction of sp³-hybridized carbons (Fsp3) is 0.667. The molecule has 1 saturated heterocycles. The van der Waals surface area contributed by atoms with E-state index < -0.39 is 5.41 Å². The van der Waals surface area contributed by atoms with E-state index in [1.807, 2.05) is 20.8 Å². The van der Waals surface area contributed by atoms with Crippen LogP contribution in [0.15, 0.2) is 11.6 Å². The molecular weight excluding hydrogens is 302 g/mol. The van der Waals surface area contributed by atoms with Gasteiger partial charge in [-0.05, 0) is 12.8 Å². The lowest BCUT2D eigenvalue weighted by atomic mass is 9.94. The Morgan fingerprint density at radius 3 is 2.82 bits per heavy atom. The van der Waals surface area contributed by atoms with E-state index in [4.69, 9.17) is 4.74 Å². The molecule has 1 aromatic rings. The highest BCUT2D eigenvalue weighted by Gasteiger charge is 2.31. The molecule has 0 radical (unpaired) electrons. The topological polar surface area (TPSA) is 71.5 Å². The van der Waals surface area contributed by atoms with Crippen molar-refractivity contribution in [1.82, 2.24) is 9.88 Å². The summed E-state index contributed by atoms with van der Waals surface area (Å²) in [5.41, 5.74) is -0.528. The van der Waals surface area contributed by atoms with E-state index in [0.717, 1.165) is 19.4 Å². The zero-order valence-electron chi connectivity index (χ0n) is 13.3. The molecule has 1 aromatic heterocycles. The van der Waals surface area contributed by atoms with Gasteiger partial charge in [-0.15, -0.1) is 11.3 Å². The second kappa shape index (κ2) is 7.19. The molecule has 22 heavy (non-hydrogen) atoms. The van der Waals surface area contributed by atoms with Crippen LogP contribution in [0.2, 0.25) is 0 Å². The van der Waals surface area contributed by atoms with Crippen LogP contribution in [0, 0.1) is 5.41 Å². The Morgan fingerprint density at radius 1 is 1.50 bits per heavy atom. The smallest absolute Gasteiger partial charge is 0.245 e. The van der Waals surface area contributed by atoms with Gasteiger partial charge in [0.15, 0.2) is 5.13 Å². The minimum Gasteiger partial charge on any atom is -0.376 e. The number of carbonyl (C=O) groups is 2. The molecule has 1 atom stereocenters. The van der Waals surface area contributed by atoms with Crippen LogP contribution >= 0.6 is 11.3 Å². The van der Waals surface area contributed by atoms with Crippen molar-refractivity contribution in [3.63, 3.8) is 0 Å². The van der Waals surface area contributed by atoms with Gasteiger partial charge < -0.3 is 15.0 Å². The Labute approximate surface area is 134 Å². The van der Waals surface area contributed by atoms with Gasteiger partial charge in [0, 0.05) is 30.1 Å². The molecule has 2 rings (SSSR count). The number of aromatic nitrogens is 1. The summed E-state index contributed by atoms with van der Waals surface area (Å²) in [7, 11) is 0. The molecule has 1 aliphatic heterocycles. The standard InChI is InChI=1S/C15H23N3O3S/c1-15(2,3)13(20)18(9-11-5-4-7-21-11)10-12(19)17-14-16-6-8-22-14/h6,8,11H,4-5,7,9-10H2,1-3H3,(H,16,17,19). The first kappa shape index (κ1) is 16.9. The quantitative estimate of drug-likeness (QED) is 0.900. The highest BCUT2D eigenvalue weighted by molar-refractivity contribution is 7.13. The predicted molar refractivity (Wildman–Crippen MR) is 85.8 cm³/mol. The van der Waals surface area contributed by atoms with Crippen LogP contribution < -0.4 is 5.32 Å². The Kier molecular flexibility index (Phi) is 5.52. The lowest BCUT2D eigenvalue weighted by molar-refractivity contribution is -0.143. The molecular formula is C15H23N3O3S. The minimum absolute atomic E-state index is 0.0234. The van der Waals surface area contributed by atoms with E-state index in [-0.39, 0.29) is 24.5 Å². The first-order valence-electron chi connectivity index (χ1n) is 7.46. The number of hydrogen-bond donors (Lipinski definition) is 1. The molecule has 1 unspecified atom stereocenters. The van der Waals surface area contributed by atoms with Crippen LogP contribution in [0.25, 0.3) is 0 Å². The van der Waals surface area contributed by atoms with Crippen molar-refractivity contribution < 1.29 is 14.3 Å². The molecule has 7 heteroatoms. The van der Waals surface area contributed by atoms with Gasteiger partial charge in [-0.2, -0.15) is 0 Å². The van der Waals surface area contributed by atoms with Crippen molar-refractivity contribution in [3.05, 3.63) is 11.6 Å². The molecule has 2 heterocycles. The van der Waals surface area contributed by atoms with Crippen LogP contribution in [0.4, 0.5) is 5.13 Å². The monoisotopic (exact) mass is 325 g/mol. The Balaban J connectivity index is 1.99. The van der Waals surface area contributed by atoms with E-state index >= 15 is 0 Å². The number of carbonyl (C=O) groups excluding carboxylic acids is 2. The molecule has 2 amide bonds. The van der Waals surface area contributed by atoms with Gasteiger partial charge in [0.25, 0.3) is 0 Å². The summed E-state index contributed by atoms with van der Waals surface area (Å²) < 4.78 is 5.60. The molecule has 0 spiro atoms. The molecule has 0 saturated carbocycles. The maximum absolute atomic E-state index is 12.6. The average Bonchev–Trinajstić information content (AvgIpc) is 3.09. The largest absolute Gasteiger partial charge is 0.376 e. The molecule has 6 nitrogen and oxygen atoms in total. The minimum atomic E-state index is -0.528. The number of thiazole rings is 1. The van der Waals surface area contributed by atoms with Crippen LogP contribution in [0.3, 0.4) is 0 Å². The van der Waals surface area contributed by atoms with Crippen LogP contribution in [0.5, 0.6) is 0 Å². The van der Waals surface area contributed by atoms with E-state index in [0.29, 0.717) is 11.7 Å². The molecule has 1 aliphatic rings. The van der Waals surface area contributed by atoms with Crippen LogP contribution in [-0.2, 0) is 14.3 Å². The fourth-order valence-electron chi connectivity index (χ4n) is 2.35. The summed E-state index contributed by atoms with van der Waals surface area (Å²) >= 11 is 1.35. The molecule has 0 bridgehead atoms. The third-order valence-electron chi connectivity index (χ3n) is 3.39. The second-order valence-corrected chi connectivity index (χ2v) is 7.35. The van der Waals surface area contributed by atoms with Crippen molar-refractivity contribution in [2.24, 2.45) is 5.41 Å². The van der Waals surface area contributed by atoms with Gasteiger partial charge in [-0.3, -0.25) is 9.59 Å². The van der Waals surface area contributed by atoms with E-state index in [1.54, 1.807) is 16.5 Å². The summed E-state index contributed by atoms with van der Waals surface area (Å²) in [6.07, 6.45) is 3.60. The van der Waals surface area contributed by atoms with Crippen LogP contribution in [-0.4, -0.2) is 47.5 Å². The lowest BCUT2D eigenvalue weighted by Gasteiger charge is -2.30. The number of ether oxygens (including phenoxy) is 1. The number of hydrogen-bond acceptors (Lipinski definition) is 5. The number of rotatable bonds is 5. The summed E-state index contributed by atoms with van der Waals surface area (Å²) in [5.74, 6) is -0.275. The molecule has 1 N–H and O–H groups in total. The Hall–Kier alpha value is -1.47. The number of amides is 2. The maximum atomic E-state index is 12.6. The average molecular weight is 325 g/mol. The number of nitrogens with one attached hydrogen (secondary N) is 1. The fourth-order valence-corrected chi connectivity index (χ4v) is 2.89. The molecule has 122 valence electrons. The Bertz CT molecular complexity index is 505. The highest BCUT2D eigenvalue weighted by Crippen LogP contribution is 2.20. The van der Waals surface area contributed by atoms with Gasteiger partial charge >= 0.3 is 0 Å². The zero-order chi connectivity index (χ0) is 16.2.